The van der Waals surface area contributed by atoms with Gasteiger partial charge in [-0.3, -0.25) is 10.0 Å². The third-order valence-electron chi connectivity index (χ3n) is 1.14. The third kappa shape index (κ3) is 2.83. The molecule has 0 aliphatic rings. The van der Waals surface area contributed by atoms with Crippen LogP contribution in [0.3, 0.4) is 0 Å². The molecule has 0 radical (unpaired) electrons. The van der Waals surface area contributed by atoms with Gasteiger partial charge in [-0.05, 0) is 12.1 Å². The van der Waals surface area contributed by atoms with Crippen molar-refractivity contribution in [1.82, 2.24) is 5.48 Å². The fraction of sp³-hybridized carbons (Fsp3) is 0. The van der Waals surface area contributed by atoms with Gasteiger partial charge in [0.15, 0.2) is 0 Å². The standard InChI is InChI=1S/C7H7NO2.Mo/c9-7(8-10)6-4-2-1-3-5-6;/h1-5,10H,(H,8,9);. The second-order valence-corrected chi connectivity index (χ2v) is 1.81. The first-order valence-electron chi connectivity index (χ1n) is 2.84. The molecule has 0 bridgehead atoms. The largest absolute Gasteiger partial charge is 0.288 e. The Morgan fingerprint density at radius 2 is 1.82 bits per heavy atom. The fourth-order valence-electron chi connectivity index (χ4n) is 0.654. The average molecular weight is 233 g/mol. The van der Waals surface area contributed by atoms with E-state index in [1.165, 1.54) is 0 Å². The van der Waals surface area contributed by atoms with Crippen molar-refractivity contribution in [3.8, 4) is 0 Å². The zero-order valence-corrected chi connectivity index (χ0v) is 7.66. The number of hydrogen-bond acceptors (Lipinski definition) is 2. The molecule has 0 aliphatic carbocycles. The first-order valence-corrected chi connectivity index (χ1v) is 2.84. The van der Waals surface area contributed by atoms with Gasteiger partial charge in [0.25, 0.3) is 5.91 Å². The molecule has 4 heteroatoms. The van der Waals surface area contributed by atoms with E-state index in [9.17, 15) is 4.79 Å². The average Bonchev–Trinajstić information content (AvgIpc) is 2.05. The first kappa shape index (κ1) is 10.3. The van der Waals surface area contributed by atoms with Crippen LogP contribution in [0, 0.1) is 0 Å². The molecule has 0 fully saturated rings. The normalized spacial score (nSPS) is 8.09. The molecule has 3 nitrogen and oxygen atoms in total. The molecule has 1 aromatic rings. The third-order valence-corrected chi connectivity index (χ3v) is 1.14. The zero-order chi connectivity index (χ0) is 7.40. The summed E-state index contributed by atoms with van der Waals surface area (Å²) in [5.41, 5.74) is 1.99. The molecule has 0 aliphatic heterocycles. The summed E-state index contributed by atoms with van der Waals surface area (Å²) in [5, 5.41) is 8.19. The van der Waals surface area contributed by atoms with Gasteiger partial charge in [0.05, 0.1) is 0 Å². The summed E-state index contributed by atoms with van der Waals surface area (Å²) in [4.78, 5) is 10.7. The minimum Gasteiger partial charge on any atom is -0.288 e. The van der Waals surface area contributed by atoms with Crippen LogP contribution in [0.15, 0.2) is 30.3 Å². The van der Waals surface area contributed by atoms with Crippen molar-refractivity contribution in [3.05, 3.63) is 35.9 Å². The Balaban J connectivity index is 0.000001000. The van der Waals surface area contributed by atoms with E-state index in [-0.39, 0.29) is 21.1 Å². The van der Waals surface area contributed by atoms with E-state index in [1.54, 1.807) is 35.8 Å². The van der Waals surface area contributed by atoms with Crippen LogP contribution in [-0.2, 0) is 21.1 Å². The molecular weight excluding hydrogens is 226 g/mol. The molecule has 1 amide bonds. The molecule has 0 atom stereocenters. The summed E-state index contributed by atoms with van der Waals surface area (Å²) >= 11 is 0. The summed E-state index contributed by atoms with van der Waals surface area (Å²) in [5.74, 6) is -0.486. The van der Waals surface area contributed by atoms with Gasteiger partial charge in [-0.15, -0.1) is 0 Å². The van der Waals surface area contributed by atoms with Gasteiger partial charge in [-0.25, -0.2) is 5.48 Å². The van der Waals surface area contributed by atoms with Crippen molar-refractivity contribution in [2.24, 2.45) is 0 Å². The number of carbonyl (C=O) groups is 1. The smallest absolute Gasteiger partial charge is 0.274 e. The predicted octanol–water partition coefficient (Wildman–Crippen LogP) is 0.803. The maximum absolute atomic E-state index is 10.7. The summed E-state index contributed by atoms with van der Waals surface area (Å²) in [6, 6.07) is 8.49. The monoisotopic (exact) mass is 235 g/mol. The number of rotatable bonds is 1. The summed E-state index contributed by atoms with van der Waals surface area (Å²) in [7, 11) is 0. The first-order chi connectivity index (χ1) is 4.84. The summed E-state index contributed by atoms with van der Waals surface area (Å²) in [6.07, 6.45) is 0. The van der Waals surface area contributed by atoms with Crippen molar-refractivity contribution in [2.45, 2.75) is 0 Å². The van der Waals surface area contributed by atoms with Crippen LogP contribution in [0.25, 0.3) is 0 Å². The molecule has 1 aromatic carbocycles. The molecule has 2 N–H and O–H groups in total. The van der Waals surface area contributed by atoms with Crippen LogP contribution < -0.4 is 5.48 Å². The van der Waals surface area contributed by atoms with E-state index in [0.29, 0.717) is 5.56 Å². The molecule has 0 heterocycles. The van der Waals surface area contributed by atoms with Crippen LogP contribution in [0.4, 0.5) is 0 Å². The van der Waals surface area contributed by atoms with Crippen molar-refractivity contribution in [2.75, 3.05) is 0 Å². The SMILES string of the molecule is O=C(NO)c1ccccc1.[Mo]. The van der Waals surface area contributed by atoms with Gasteiger partial charge in [-0.2, -0.15) is 0 Å². The van der Waals surface area contributed by atoms with Crippen molar-refractivity contribution >= 4 is 5.91 Å². The van der Waals surface area contributed by atoms with Crippen LogP contribution in [0.1, 0.15) is 10.4 Å². The Labute approximate surface area is 78.6 Å². The van der Waals surface area contributed by atoms with Gasteiger partial charge in [0.2, 0.25) is 0 Å². The Kier molecular flexibility index (Phi) is 4.75. The van der Waals surface area contributed by atoms with Crippen molar-refractivity contribution in [1.29, 1.82) is 0 Å². The number of benzene rings is 1. The quantitative estimate of drug-likeness (QED) is 0.428. The topological polar surface area (TPSA) is 49.3 Å². The van der Waals surface area contributed by atoms with E-state index < -0.39 is 5.91 Å². The molecule has 0 saturated carbocycles. The van der Waals surface area contributed by atoms with E-state index in [0.717, 1.165) is 0 Å². The summed E-state index contributed by atoms with van der Waals surface area (Å²) < 4.78 is 0. The molecule has 1 rings (SSSR count). The Morgan fingerprint density at radius 3 is 2.27 bits per heavy atom. The molecule has 11 heavy (non-hydrogen) atoms. The van der Waals surface area contributed by atoms with E-state index in [4.69, 9.17) is 5.21 Å². The Morgan fingerprint density at radius 1 is 1.27 bits per heavy atom. The molecule has 0 unspecified atom stereocenters. The molecule has 0 saturated heterocycles. The molecule has 58 valence electrons. The van der Waals surface area contributed by atoms with Gasteiger partial charge in [0.1, 0.15) is 0 Å². The van der Waals surface area contributed by atoms with Crippen LogP contribution in [-0.4, -0.2) is 11.1 Å². The number of hydroxylamine groups is 1. The number of nitrogens with one attached hydrogen (secondary N) is 1. The Hall–Kier alpha value is -0.662. The Bertz CT molecular complexity index is 225. The minimum absolute atomic E-state index is 0. The van der Waals surface area contributed by atoms with E-state index in [2.05, 4.69) is 0 Å². The predicted molar refractivity (Wildman–Crippen MR) is 35.7 cm³/mol. The maximum atomic E-state index is 10.7. The van der Waals surface area contributed by atoms with Gasteiger partial charge >= 0.3 is 0 Å². The van der Waals surface area contributed by atoms with Crippen molar-refractivity contribution in [3.63, 3.8) is 0 Å². The second kappa shape index (κ2) is 5.05. The van der Waals surface area contributed by atoms with Crippen LogP contribution >= 0.6 is 0 Å². The zero-order valence-electron chi connectivity index (χ0n) is 5.65. The van der Waals surface area contributed by atoms with Gasteiger partial charge in [-0.1, -0.05) is 18.2 Å². The maximum Gasteiger partial charge on any atom is 0.274 e. The van der Waals surface area contributed by atoms with Gasteiger partial charge < -0.3 is 0 Å². The molecule has 0 aromatic heterocycles. The van der Waals surface area contributed by atoms with E-state index >= 15 is 0 Å². The van der Waals surface area contributed by atoms with E-state index in [1.807, 2.05) is 0 Å². The molecule has 0 spiro atoms. The number of carbonyl (C=O) groups excluding carboxylic acids is 1. The number of amides is 1. The van der Waals surface area contributed by atoms with Crippen molar-refractivity contribution < 1.29 is 31.1 Å². The molecular formula is C7H7MoNO2. The minimum atomic E-state index is -0.486. The van der Waals surface area contributed by atoms with Gasteiger partial charge in [0, 0.05) is 26.6 Å². The van der Waals surface area contributed by atoms with Crippen LogP contribution in [0.2, 0.25) is 0 Å². The fourth-order valence-corrected chi connectivity index (χ4v) is 0.654. The van der Waals surface area contributed by atoms with Crippen LogP contribution in [0.5, 0.6) is 0 Å². The summed E-state index contributed by atoms with van der Waals surface area (Å²) in [6.45, 7) is 0. The number of hydrogen-bond donors (Lipinski definition) is 2. The second-order valence-electron chi connectivity index (χ2n) is 1.81.